The molecule has 1 aliphatic rings. The van der Waals surface area contributed by atoms with Crippen LogP contribution in [0.4, 0.5) is 4.39 Å². The first-order valence-corrected chi connectivity index (χ1v) is 10.4. The number of sulfone groups is 1. The van der Waals surface area contributed by atoms with Crippen molar-refractivity contribution in [2.24, 2.45) is 11.0 Å². The second-order valence-corrected chi connectivity index (χ2v) is 9.23. The first kappa shape index (κ1) is 17.8. The van der Waals surface area contributed by atoms with Gasteiger partial charge in [0.05, 0.1) is 28.0 Å². The molecule has 1 aromatic carbocycles. The highest BCUT2D eigenvalue weighted by molar-refractivity contribution is 7.91. The van der Waals surface area contributed by atoms with E-state index in [-0.39, 0.29) is 23.2 Å². The van der Waals surface area contributed by atoms with Crippen LogP contribution in [0.15, 0.2) is 41.5 Å². The van der Waals surface area contributed by atoms with Gasteiger partial charge < -0.3 is 0 Å². The van der Waals surface area contributed by atoms with E-state index in [1.807, 2.05) is 12.1 Å². The highest BCUT2D eigenvalue weighted by atomic mass is 32.2. The zero-order valence-electron chi connectivity index (χ0n) is 13.5. The molecule has 1 saturated heterocycles. The summed E-state index contributed by atoms with van der Waals surface area (Å²) in [6, 6.07) is 10.2. The van der Waals surface area contributed by atoms with E-state index < -0.39 is 15.8 Å². The van der Waals surface area contributed by atoms with Gasteiger partial charge in [0.1, 0.15) is 5.82 Å². The molecule has 0 bridgehead atoms. The van der Waals surface area contributed by atoms with E-state index in [9.17, 15) is 17.6 Å². The van der Waals surface area contributed by atoms with Gasteiger partial charge in [-0.3, -0.25) is 4.79 Å². The number of nitrogens with one attached hydrogen (secondary N) is 1. The lowest BCUT2D eigenvalue weighted by Gasteiger charge is -2.05. The van der Waals surface area contributed by atoms with Gasteiger partial charge in [-0.25, -0.2) is 18.2 Å². The molecule has 1 N–H and O–H groups in total. The van der Waals surface area contributed by atoms with E-state index in [4.69, 9.17) is 0 Å². The molecule has 1 unspecified atom stereocenters. The molecule has 1 aliphatic heterocycles. The van der Waals surface area contributed by atoms with Crippen molar-refractivity contribution in [3.63, 3.8) is 0 Å². The summed E-state index contributed by atoms with van der Waals surface area (Å²) in [5.74, 6) is -1.29. The van der Waals surface area contributed by atoms with Gasteiger partial charge >= 0.3 is 0 Å². The molecule has 132 valence electrons. The quantitative estimate of drug-likeness (QED) is 0.655. The van der Waals surface area contributed by atoms with E-state index in [0.717, 1.165) is 9.75 Å². The Labute approximate surface area is 149 Å². The maximum absolute atomic E-state index is 13.8. The minimum Gasteiger partial charge on any atom is -0.273 e. The highest BCUT2D eigenvalue weighted by Gasteiger charge is 2.32. The zero-order chi connectivity index (χ0) is 18.0. The Balaban J connectivity index is 1.69. The van der Waals surface area contributed by atoms with Crippen molar-refractivity contribution in [2.75, 3.05) is 11.5 Å². The van der Waals surface area contributed by atoms with Gasteiger partial charge in [0.25, 0.3) is 0 Å². The number of hydrogen-bond donors (Lipinski definition) is 1. The molecule has 0 radical (unpaired) electrons. The van der Waals surface area contributed by atoms with Gasteiger partial charge in [0, 0.05) is 10.4 Å². The fourth-order valence-corrected chi connectivity index (χ4v) is 5.34. The van der Waals surface area contributed by atoms with E-state index in [0.29, 0.717) is 17.7 Å². The van der Waals surface area contributed by atoms with Crippen molar-refractivity contribution in [1.29, 1.82) is 0 Å². The van der Waals surface area contributed by atoms with Gasteiger partial charge in [0.2, 0.25) is 5.91 Å². The Morgan fingerprint density at radius 3 is 2.72 bits per heavy atom. The monoisotopic (exact) mass is 380 g/mol. The third-order valence-corrected chi connectivity index (χ3v) is 7.03. The smallest absolute Gasteiger partial charge is 0.244 e. The van der Waals surface area contributed by atoms with E-state index in [1.54, 1.807) is 25.1 Å². The lowest BCUT2D eigenvalue weighted by Crippen LogP contribution is -2.28. The Morgan fingerprint density at radius 2 is 2.04 bits per heavy atom. The minimum atomic E-state index is -3.11. The van der Waals surface area contributed by atoms with Crippen molar-refractivity contribution < 1.29 is 17.6 Å². The molecule has 0 spiro atoms. The number of amides is 1. The van der Waals surface area contributed by atoms with Crippen LogP contribution in [0, 0.1) is 11.7 Å². The number of benzene rings is 1. The molecule has 25 heavy (non-hydrogen) atoms. The number of carbonyl (C=O) groups is 1. The van der Waals surface area contributed by atoms with Crippen molar-refractivity contribution >= 4 is 32.8 Å². The third-order valence-electron chi connectivity index (χ3n) is 4.04. The number of hydrazone groups is 1. The first-order valence-electron chi connectivity index (χ1n) is 7.75. The van der Waals surface area contributed by atoms with Crippen LogP contribution >= 0.6 is 11.3 Å². The van der Waals surface area contributed by atoms with Crippen LogP contribution in [0.3, 0.4) is 0 Å². The predicted molar refractivity (Wildman–Crippen MR) is 96.8 cm³/mol. The molecule has 1 atom stereocenters. The lowest BCUT2D eigenvalue weighted by atomic mass is 10.1. The predicted octanol–water partition coefficient (Wildman–Crippen LogP) is 2.83. The standard InChI is InChI=1S/C17H17FN2O3S2/c1-11(19-20-17(21)12-8-9-25(22,23)10-12)15-6-7-16(24-15)13-4-2-3-5-14(13)18/h2-7,12H,8-10H2,1H3,(H,20,21)/b19-11+. The molecule has 1 fully saturated rings. The van der Waals surface area contributed by atoms with Crippen molar-refractivity contribution in [1.82, 2.24) is 5.43 Å². The molecule has 1 amide bonds. The summed E-state index contributed by atoms with van der Waals surface area (Å²) in [6.07, 6.45) is 0.333. The molecule has 0 aliphatic carbocycles. The number of nitrogens with zero attached hydrogens (tertiary/aromatic N) is 1. The number of thiophene rings is 1. The Hall–Kier alpha value is -2.06. The molecular weight excluding hydrogens is 363 g/mol. The minimum absolute atomic E-state index is 0.0463. The van der Waals surface area contributed by atoms with Crippen LogP contribution in [-0.2, 0) is 14.6 Å². The topological polar surface area (TPSA) is 75.6 Å². The number of hydrogen-bond acceptors (Lipinski definition) is 5. The molecular formula is C17H17FN2O3S2. The fraction of sp³-hybridized carbons (Fsp3) is 0.294. The average Bonchev–Trinajstić information content (AvgIpc) is 3.19. The van der Waals surface area contributed by atoms with E-state index in [2.05, 4.69) is 10.5 Å². The van der Waals surface area contributed by atoms with Crippen LogP contribution < -0.4 is 5.43 Å². The molecule has 5 nitrogen and oxygen atoms in total. The van der Waals surface area contributed by atoms with Crippen LogP contribution in [0.1, 0.15) is 18.2 Å². The van der Waals surface area contributed by atoms with Gasteiger partial charge in [-0.2, -0.15) is 5.10 Å². The second kappa shape index (κ2) is 7.05. The fourth-order valence-electron chi connectivity index (χ4n) is 2.63. The largest absolute Gasteiger partial charge is 0.273 e. The Morgan fingerprint density at radius 1 is 1.28 bits per heavy atom. The summed E-state index contributed by atoms with van der Waals surface area (Å²) in [5, 5.41) is 4.06. The van der Waals surface area contributed by atoms with E-state index in [1.165, 1.54) is 17.4 Å². The summed E-state index contributed by atoms with van der Waals surface area (Å²) in [7, 11) is -3.11. The number of carbonyl (C=O) groups excluding carboxylic acids is 1. The van der Waals surface area contributed by atoms with Crippen molar-refractivity contribution in [2.45, 2.75) is 13.3 Å². The second-order valence-electron chi connectivity index (χ2n) is 5.92. The van der Waals surface area contributed by atoms with Gasteiger partial charge in [0.15, 0.2) is 9.84 Å². The molecule has 8 heteroatoms. The van der Waals surface area contributed by atoms with Crippen LogP contribution in [0.5, 0.6) is 0 Å². The normalized spacial score (nSPS) is 19.8. The molecule has 1 aromatic heterocycles. The third kappa shape index (κ3) is 4.13. The average molecular weight is 380 g/mol. The molecule has 0 saturated carbocycles. The number of halogens is 1. The van der Waals surface area contributed by atoms with Crippen LogP contribution in [0.25, 0.3) is 10.4 Å². The van der Waals surface area contributed by atoms with Gasteiger partial charge in [-0.05, 0) is 31.5 Å². The van der Waals surface area contributed by atoms with Gasteiger partial charge in [-0.15, -0.1) is 11.3 Å². The number of rotatable bonds is 4. The van der Waals surface area contributed by atoms with Crippen molar-refractivity contribution in [3.05, 3.63) is 47.1 Å². The summed E-state index contributed by atoms with van der Waals surface area (Å²) in [6.45, 7) is 1.74. The highest BCUT2D eigenvalue weighted by Crippen LogP contribution is 2.30. The maximum Gasteiger partial charge on any atom is 0.244 e. The lowest BCUT2D eigenvalue weighted by molar-refractivity contribution is -0.124. The first-order chi connectivity index (χ1) is 11.9. The molecule has 2 heterocycles. The summed E-state index contributed by atoms with van der Waals surface area (Å²) in [5.41, 5.74) is 3.54. The molecule has 3 rings (SSSR count). The summed E-state index contributed by atoms with van der Waals surface area (Å²) >= 11 is 1.37. The van der Waals surface area contributed by atoms with Gasteiger partial charge in [-0.1, -0.05) is 18.2 Å². The SMILES string of the molecule is C/C(=N\NC(=O)C1CCS(=O)(=O)C1)c1ccc(-c2ccccc2F)s1. The zero-order valence-corrected chi connectivity index (χ0v) is 15.2. The Kier molecular flexibility index (Phi) is 5.01. The Bertz CT molecular complexity index is 935. The molecule has 2 aromatic rings. The van der Waals surface area contributed by atoms with Crippen molar-refractivity contribution in [3.8, 4) is 10.4 Å². The summed E-state index contributed by atoms with van der Waals surface area (Å²) in [4.78, 5) is 13.6. The van der Waals surface area contributed by atoms with Crippen LogP contribution in [-0.4, -0.2) is 31.5 Å². The summed E-state index contributed by atoms with van der Waals surface area (Å²) < 4.78 is 36.7. The van der Waals surface area contributed by atoms with Crippen LogP contribution in [0.2, 0.25) is 0 Å². The maximum atomic E-state index is 13.8. The van der Waals surface area contributed by atoms with E-state index >= 15 is 0 Å².